The van der Waals surface area contributed by atoms with Gasteiger partial charge in [0.2, 0.25) is 0 Å². The number of hydrogen-bond donors (Lipinski definition) is 1. The van der Waals surface area contributed by atoms with Gasteiger partial charge in [-0.2, -0.15) is 0 Å². The Morgan fingerprint density at radius 2 is 1.15 bits per heavy atom. The molecular formula is C22H54NO6PSi4. The second kappa shape index (κ2) is 13.1. The molecule has 0 radical (unpaired) electrons. The summed E-state index contributed by atoms with van der Waals surface area (Å²) in [5.74, 6) is 0. The van der Waals surface area contributed by atoms with E-state index in [4.69, 9.17) is 21.4 Å². The van der Waals surface area contributed by atoms with E-state index < -0.39 is 46.6 Å². The summed E-state index contributed by atoms with van der Waals surface area (Å²) in [6.07, 6.45) is 5.70. The number of rotatable bonds is 16. The van der Waals surface area contributed by atoms with Crippen LogP contribution in [0.5, 0.6) is 0 Å². The number of nitrogens with one attached hydrogen (secondary N) is 1. The van der Waals surface area contributed by atoms with E-state index in [9.17, 15) is 4.57 Å². The normalized spacial score (nSPS) is 18.3. The SMILES string of the molecule is CCOP(=O)(OCC)C1(NCCC[Si](O[Si](C)(C)C)(O[Si](C)(C)C)O[Si](C)(C)C)CCCCC1. The van der Waals surface area contributed by atoms with E-state index in [2.05, 4.69) is 64.2 Å². The Balaban J connectivity index is 3.11. The molecule has 1 saturated carbocycles. The van der Waals surface area contributed by atoms with Crippen molar-refractivity contribution < 1.29 is 26.0 Å². The molecule has 0 unspecified atom stereocenters. The molecule has 0 amide bonds. The fourth-order valence-corrected chi connectivity index (χ4v) is 21.6. The van der Waals surface area contributed by atoms with E-state index in [0.717, 1.165) is 44.6 Å². The zero-order chi connectivity index (χ0) is 26.3. The van der Waals surface area contributed by atoms with Crippen LogP contribution in [0.2, 0.25) is 65.0 Å². The lowest BCUT2D eigenvalue weighted by molar-refractivity contribution is 0.166. The third-order valence-electron chi connectivity index (χ3n) is 5.30. The second-order valence-corrected chi connectivity index (χ2v) is 31.6. The van der Waals surface area contributed by atoms with Crippen LogP contribution in [0.1, 0.15) is 52.4 Å². The maximum absolute atomic E-state index is 13.9. The molecular weight excluding hydrogens is 518 g/mol. The van der Waals surface area contributed by atoms with Crippen molar-refractivity contribution in [3.63, 3.8) is 0 Å². The Morgan fingerprint density at radius 1 is 0.735 bits per heavy atom. The van der Waals surface area contributed by atoms with Gasteiger partial charge < -0.3 is 26.7 Å². The molecule has 0 aromatic carbocycles. The fraction of sp³-hybridized carbons (Fsp3) is 1.00. The Bertz CT molecular complexity index is 606. The van der Waals surface area contributed by atoms with Crippen LogP contribution < -0.4 is 5.32 Å². The molecule has 1 fully saturated rings. The molecule has 7 nitrogen and oxygen atoms in total. The Morgan fingerprint density at radius 3 is 1.50 bits per heavy atom. The highest BCUT2D eigenvalue weighted by Gasteiger charge is 2.52. The van der Waals surface area contributed by atoms with Crippen LogP contribution in [-0.4, -0.2) is 58.8 Å². The van der Waals surface area contributed by atoms with E-state index in [1.54, 1.807) is 0 Å². The van der Waals surface area contributed by atoms with Gasteiger partial charge in [0.25, 0.3) is 0 Å². The summed E-state index contributed by atoms with van der Waals surface area (Å²) in [5, 5.41) is 3.07. The predicted molar refractivity (Wildman–Crippen MR) is 153 cm³/mol. The maximum atomic E-state index is 13.9. The van der Waals surface area contributed by atoms with Crippen molar-refractivity contribution in [1.29, 1.82) is 0 Å². The average Bonchev–Trinajstić information content (AvgIpc) is 2.62. The van der Waals surface area contributed by atoms with Crippen LogP contribution in [0.15, 0.2) is 0 Å². The van der Waals surface area contributed by atoms with Gasteiger partial charge in [-0.15, -0.1) is 0 Å². The quantitative estimate of drug-likeness (QED) is 0.118. The van der Waals surface area contributed by atoms with Crippen molar-refractivity contribution in [2.75, 3.05) is 19.8 Å². The van der Waals surface area contributed by atoms with Gasteiger partial charge in [0.1, 0.15) is 5.28 Å². The van der Waals surface area contributed by atoms with E-state index in [-0.39, 0.29) is 0 Å². The van der Waals surface area contributed by atoms with Gasteiger partial charge in [-0.05, 0) is 98.6 Å². The maximum Gasteiger partial charge on any atom is 0.469 e. The average molecular weight is 572 g/mol. The minimum absolute atomic E-state index is 0.384. The Hall–Kier alpha value is 0.858. The van der Waals surface area contributed by atoms with Crippen LogP contribution in [0.25, 0.3) is 0 Å². The Labute approximate surface area is 214 Å². The number of hydrogen-bond acceptors (Lipinski definition) is 7. The highest BCUT2D eigenvalue weighted by molar-refractivity contribution is 7.55. The minimum atomic E-state index is -3.28. The fourth-order valence-electron chi connectivity index (χ4n) is 4.55. The van der Waals surface area contributed by atoms with Crippen LogP contribution in [0.3, 0.4) is 0 Å². The zero-order valence-electron chi connectivity index (χ0n) is 24.0. The first kappa shape index (κ1) is 32.9. The van der Waals surface area contributed by atoms with Crippen LogP contribution in [-0.2, 0) is 26.0 Å². The topological polar surface area (TPSA) is 75.3 Å². The Kier molecular flexibility index (Phi) is 12.7. The van der Waals surface area contributed by atoms with Crippen molar-refractivity contribution in [3.05, 3.63) is 0 Å². The molecule has 1 aliphatic rings. The van der Waals surface area contributed by atoms with Gasteiger partial charge >= 0.3 is 16.4 Å². The molecule has 0 atom stereocenters. The lowest BCUT2D eigenvalue weighted by atomic mass is 9.94. The molecule has 34 heavy (non-hydrogen) atoms. The molecule has 1 aliphatic carbocycles. The van der Waals surface area contributed by atoms with Crippen molar-refractivity contribution in [3.8, 4) is 0 Å². The van der Waals surface area contributed by atoms with E-state index >= 15 is 0 Å². The zero-order valence-corrected chi connectivity index (χ0v) is 28.9. The first-order valence-electron chi connectivity index (χ1n) is 13.2. The van der Waals surface area contributed by atoms with Crippen molar-refractivity contribution in [2.24, 2.45) is 0 Å². The summed E-state index contributed by atoms with van der Waals surface area (Å²) in [4.78, 5) is 0. The predicted octanol–water partition coefficient (Wildman–Crippen LogP) is 7.39. The van der Waals surface area contributed by atoms with Gasteiger partial charge in [0.05, 0.1) is 13.2 Å². The molecule has 0 heterocycles. The highest BCUT2D eigenvalue weighted by atomic mass is 31.2. The third-order valence-corrected chi connectivity index (χ3v) is 20.2. The van der Waals surface area contributed by atoms with Gasteiger partial charge in [-0.3, -0.25) is 4.57 Å². The smallest absolute Gasteiger partial charge is 0.417 e. The van der Waals surface area contributed by atoms with Crippen molar-refractivity contribution in [1.82, 2.24) is 5.32 Å². The molecule has 1 rings (SSSR count). The van der Waals surface area contributed by atoms with Crippen LogP contribution in [0, 0.1) is 0 Å². The summed E-state index contributed by atoms with van der Waals surface area (Å²) in [7, 11) is -11.9. The molecule has 12 heteroatoms. The van der Waals surface area contributed by atoms with Gasteiger partial charge in [0, 0.05) is 6.04 Å². The molecule has 204 valence electrons. The van der Waals surface area contributed by atoms with E-state index in [1.807, 2.05) is 13.8 Å². The monoisotopic (exact) mass is 571 g/mol. The minimum Gasteiger partial charge on any atom is -0.417 e. The standard InChI is InChI=1S/C22H54NO6PSi4/c1-12-25-30(24,26-13-2)22(18-15-14-16-19-22)23-20-17-21-34(27-31(3,4)5,28-32(6,7)8)29-33(9,10)11/h23H,12-21H2,1-11H3. The van der Waals surface area contributed by atoms with Crippen molar-refractivity contribution >= 4 is 41.4 Å². The third kappa shape index (κ3) is 11.1. The van der Waals surface area contributed by atoms with Gasteiger partial charge in [-0.1, -0.05) is 19.3 Å². The highest BCUT2D eigenvalue weighted by Crippen LogP contribution is 2.63. The molecule has 1 N–H and O–H groups in total. The molecule has 0 aromatic heterocycles. The van der Waals surface area contributed by atoms with Crippen LogP contribution in [0.4, 0.5) is 0 Å². The molecule has 0 bridgehead atoms. The lowest BCUT2D eigenvalue weighted by Gasteiger charge is -2.44. The van der Waals surface area contributed by atoms with Crippen molar-refractivity contribution in [2.45, 2.75) is 123 Å². The largest absolute Gasteiger partial charge is 0.469 e. The van der Waals surface area contributed by atoms with E-state index in [1.165, 1.54) is 0 Å². The van der Waals surface area contributed by atoms with Gasteiger partial charge in [0.15, 0.2) is 25.0 Å². The lowest BCUT2D eigenvalue weighted by Crippen LogP contribution is -2.60. The second-order valence-electron chi connectivity index (χ2n) is 12.3. The summed E-state index contributed by atoms with van der Waals surface area (Å²) in [6, 6.07) is 0.766. The summed E-state index contributed by atoms with van der Waals surface area (Å²) >= 11 is 0. The first-order chi connectivity index (χ1) is 15.4. The van der Waals surface area contributed by atoms with Gasteiger partial charge in [-0.25, -0.2) is 0 Å². The van der Waals surface area contributed by atoms with E-state index in [0.29, 0.717) is 19.8 Å². The summed E-state index contributed by atoms with van der Waals surface area (Å²) in [5.41, 5.74) is 0. The van der Waals surface area contributed by atoms with Crippen LogP contribution >= 0.6 is 7.60 Å². The molecule has 0 saturated heterocycles. The molecule has 0 spiro atoms. The summed E-state index contributed by atoms with van der Waals surface area (Å²) in [6.45, 7) is 25.2. The molecule has 0 aliphatic heterocycles. The first-order valence-corrected chi connectivity index (χ1v) is 26.9. The summed E-state index contributed by atoms with van der Waals surface area (Å²) < 4.78 is 46.0. The molecule has 0 aromatic rings.